The number of rotatable bonds is 4. The van der Waals surface area contributed by atoms with Crippen molar-refractivity contribution in [3.63, 3.8) is 0 Å². The third kappa shape index (κ3) is 5.72. The first-order chi connectivity index (χ1) is 8.80. The van der Waals surface area contributed by atoms with Gasteiger partial charge in [-0.25, -0.2) is 14.0 Å². The summed E-state index contributed by atoms with van der Waals surface area (Å²) in [5.74, 6) is -0.561. The number of nitrogens with one attached hydrogen (secondary N) is 2. The normalized spacial score (nSPS) is 18.0. The van der Waals surface area contributed by atoms with E-state index in [2.05, 4.69) is 30.0 Å². The predicted octanol–water partition coefficient (Wildman–Crippen LogP) is -0.825. The Morgan fingerprint density at radius 3 is 2.16 bits per heavy atom. The van der Waals surface area contributed by atoms with Crippen LogP contribution >= 0.6 is 0 Å². The highest BCUT2D eigenvalue weighted by atomic mass is 32.2. The molecule has 0 bridgehead atoms. The molecule has 0 fully saturated rings. The first-order valence-electron chi connectivity index (χ1n) is 6.21. The number of sulfone groups is 1. The minimum atomic E-state index is -3.72. The molecule has 19 heavy (non-hydrogen) atoms. The Kier molecular flexibility index (Phi) is 7.91. The largest absolute Gasteiger partial charge is 0.390 e. The van der Waals surface area contributed by atoms with Crippen LogP contribution in [0.25, 0.3) is 0 Å². The maximum atomic E-state index is 11.8. The van der Waals surface area contributed by atoms with E-state index < -0.39 is 27.8 Å². The maximum Gasteiger partial charge on any atom is 0.258 e. The lowest BCUT2D eigenvalue weighted by molar-refractivity contribution is 0.0314. The fourth-order valence-corrected chi connectivity index (χ4v) is 2.70. The zero-order chi connectivity index (χ0) is 15.1. The van der Waals surface area contributed by atoms with Gasteiger partial charge in [0.15, 0.2) is 0 Å². The van der Waals surface area contributed by atoms with E-state index in [0.29, 0.717) is 0 Å². The van der Waals surface area contributed by atoms with Crippen LogP contribution in [0.5, 0.6) is 0 Å². The second-order valence-corrected chi connectivity index (χ2v) is 6.14. The summed E-state index contributed by atoms with van der Waals surface area (Å²) in [6, 6.07) is 0. The second kappa shape index (κ2) is 8.31. The van der Waals surface area contributed by atoms with Gasteiger partial charge in [0.05, 0.1) is 18.0 Å². The van der Waals surface area contributed by atoms with Crippen molar-refractivity contribution in [2.24, 2.45) is 5.10 Å². The molecule has 0 aromatic carbocycles. The number of nitrogens with zero attached hydrogens (tertiary/aromatic N) is 2. The molecule has 9 heteroatoms. The Labute approximate surface area is 114 Å². The van der Waals surface area contributed by atoms with E-state index in [1.54, 1.807) is 6.92 Å². The van der Waals surface area contributed by atoms with E-state index in [4.69, 9.17) is 0 Å². The molecule has 0 spiro atoms. The Balaban J connectivity index is 0.000000982. The van der Waals surface area contributed by atoms with E-state index in [-0.39, 0.29) is 11.6 Å². The summed E-state index contributed by atoms with van der Waals surface area (Å²) in [5.41, 5.74) is 4.73. The number of hydrazone groups is 1. The van der Waals surface area contributed by atoms with E-state index in [0.717, 1.165) is 0 Å². The average Bonchev–Trinajstić information content (AvgIpc) is 2.75. The van der Waals surface area contributed by atoms with Gasteiger partial charge in [0.2, 0.25) is 9.84 Å². The zero-order valence-corrected chi connectivity index (χ0v) is 12.6. The molecule has 0 saturated carbocycles. The summed E-state index contributed by atoms with van der Waals surface area (Å²) in [6.45, 7) is 5.91. The molecular weight excluding hydrogens is 272 g/mol. The monoisotopic (exact) mass is 296 g/mol. The van der Waals surface area contributed by atoms with Crippen LogP contribution in [0, 0.1) is 0 Å². The number of hydrogen-bond acceptors (Lipinski definition) is 8. The Morgan fingerprint density at radius 1 is 1.26 bits per heavy atom. The average molecular weight is 296 g/mol. The fraction of sp³-hybridized carbons (Fsp3) is 0.900. The first kappa shape index (κ1) is 18.1. The van der Waals surface area contributed by atoms with Crippen molar-refractivity contribution >= 4 is 15.0 Å². The standard InChI is InChI=1S/C7H16N4O4S.C3H8/c1-3-5(12)6(13)4-16(14,15)7-8-9-10-11(7)2;1-3-2/h5-6,9-10,12-13H,3-4H2,1-2H3;3H2,1-2H3/t5-,6-;/m0./s1. The van der Waals surface area contributed by atoms with Crippen molar-refractivity contribution in [1.29, 1.82) is 0 Å². The van der Waals surface area contributed by atoms with Gasteiger partial charge in [0, 0.05) is 7.05 Å². The summed E-state index contributed by atoms with van der Waals surface area (Å²) in [7, 11) is -2.25. The molecule has 0 aliphatic carbocycles. The van der Waals surface area contributed by atoms with Gasteiger partial charge >= 0.3 is 0 Å². The van der Waals surface area contributed by atoms with Crippen molar-refractivity contribution in [2.75, 3.05) is 12.8 Å². The molecular formula is C10H24N4O4S. The Morgan fingerprint density at radius 2 is 1.79 bits per heavy atom. The second-order valence-electron chi connectivity index (χ2n) is 4.21. The molecule has 1 rings (SSSR count). The van der Waals surface area contributed by atoms with E-state index in [1.807, 2.05) is 0 Å². The molecule has 0 amide bonds. The summed E-state index contributed by atoms with van der Waals surface area (Å²) < 4.78 is 23.5. The number of aliphatic hydroxyl groups is 2. The predicted molar refractivity (Wildman–Crippen MR) is 73.5 cm³/mol. The summed E-state index contributed by atoms with van der Waals surface area (Å²) in [5, 5.41) is 23.3. The minimum absolute atomic E-state index is 0.213. The summed E-state index contributed by atoms with van der Waals surface area (Å²) in [4.78, 5) is 0. The Bertz CT molecular complexity index is 385. The molecule has 1 aliphatic rings. The highest BCUT2D eigenvalue weighted by Crippen LogP contribution is 2.07. The SMILES string of the molecule is CCC.CC[C@H](O)[C@@H](O)CS(=O)(=O)C1=NNNN1C. The van der Waals surface area contributed by atoms with Crippen molar-refractivity contribution in [2.45, 2.75) is 45.8 Å². The van der Waals surface area contributed by atoms with Gasteiger partial charge in [-0.1, -0.05) is 27.2 Å². The van der Waals surface area contributed by atoms with Crippen LogP contribution in [-0.2, 0) is 9.84 Å². The molecule has 2 atom stereocenters. The van der Waals surface area contributed by atoms with Gasteiger partial charge < -0.3 is 10.2 Å². The molecule has 0 aromatic rings. The van der Waals surface area contributed by atoms with Crippen LogP contribution in [-0.4, -0.2) is 53.8 Å². The van der Waals surface area contributed by atoms with Crippen LogP contribution in [0.1, 0.15) is 33.6 Å². The van der Waals surface area contributed by atoms with Gasteiger partial charge in [-0.15, -0.1) is 10.6 Å². The van der Waals surface area contributed by atoms with Crippen molar-refractivity contribution in [1.82, 2.24) is 16.1 Å². The molecule has 0 unspecified atom stereocenters. The van der Waals surface area contributed by atoms with Crippen LogP contribution in [0.3, 0.4) is 0 Å². The van der Waals surface area contributed by atoms with Crippen LogP contribution < -0.4 is 11.1 Å². The smallest absolute Gasteiger partial charge is 0.258 e. The molecule has 1 heterocycles. The highest BCUT2D eigenvalue weighted by molar-refractivity contribution is 8.06. The molecule has 1 aliphatic heterocycles. The Hall–Kier alpha value is -0.900. The zero-order valence-electron chi connectivity index (χ0n) is 11.8. The van der Waals surface area contributed by atoms with Crippen molar-refractivity contribution in [3.05, 3.63) is 0 Å². The van der Waals surface area contributed by atoms with Gasteiger partial charge in [-0.2, -0.15) is 0 Å². The molecule has 0 aromatic heterocycles. The van der Waals surface area contributed by atoms with E-state index >= 15 is 0 Å². The minimum Gasteiger partial charge on any atom is -0.390 e. The van der Waals surface area contributed by atoms with Crippen LogP contribution in [0.15, 0.2) is 5.10 Å². The summed E-state index contributed by atoms with van der Waals surface area (Å²) in [6.07, 6.45) is -0.829. The third-order valence-electron chi connectivity index (χ3n) is 2.19. The molecule has 0 saturated heterocycles. The molecule has 4 N–H and O–H groups in total. The first-order valence-corrected chi connectivity index (χ1v) is 7.86. The summed E-state index contributed by atoms with van der Waals surface area (Å²) >= 11 is 0. The number of aliphatic hydroxyl groups excluding tert-OH is 2. The lowest BCUT2D eigenvalue weighted by Crippen LogP contribution is -2.43. The van der Waals surface area contributed by atoms with E-state index in [1.165, 1.54) is 18.5 Å². The molecule has 114 valence electrons. The number of amidine groups is 1. The van der Waals surface area contributed by atoms with Crippen LogP contribution in [0.4, 0.5) is 0 Å². The van der Waals surface area contributed by atoms with Gasteiger partial charge in [-0.05, 0) is 6.42 Å². The third-order valence-corrected chi connectivity index (χ3v) is 3.89. The van der Waals surface area contributed by atoms with Crippen LogP contribution in [0.2, 0.25) is 0 Å². The topological polar surface area (TPSA) is 114 Å². The number of hydrazine groups is 2. The highest BCUT2D eigenvalue weighted by Gasteiger charge is 2.31. The fourth-order valence-electron chi connectivity index (χ4n) is 1.23. The van der Waals surface area contributed by atoms with Crippen molar-refractivity contribution in [3.8, 4) is 0 Å². The lowest BCUT2D eigenvalue weighted by atomic mass is 10.2. The van der Waals surface area contributed by atoms with Gasteiger partial charge in [0.1, 0.15) is 0 Å². The van der Waals surface area contributed by atoms with Gasteiger partial charge in [0.25, 0.3) is 5.17 Å². The number of hydrogen-bond donors (Lipinski definition) is 4. The lowest BCUT2D eigenvalue weighted by Gasteiger charge is -2.17. The van der Waals surface area contributed by atoms with Crippen molar-refractivity contribution < 1.29 is 18.6 Å². The molecule has 0 radical (unpaired) electrons. The quantitative estimate of drug-likeness (QED) is 0.535. The van der Waals surface area contributed by atoms with E-state index in [9.17, 15) is 18.6 Å². The molecule has 8 nitrogen and oxygen atoms in total. The van der Waals surface area contributed by atoms with Gasteiger partial charge in [-0.3, -0.25) is 5.01 Å². The maximum absolute atomic E-state index is 11.8.